The lowest BCUT2D eigenvalue weighted by Gasteiger charge is -2.04. The summed E-state index contributed by atoms with van der Waals surface area (Å²) in [6.07, 6.45) is -115. The van der Waals surface area contributed by atoms with Crippen molar-refractivity contribution in [2.45, 2.75) is 154 Å². The molecular weight excluding hydrogens is 288 g/mol. The summed E-state index contributed by atoms with van der Waals surface area (Å²) in [5.41, 5.74) is 0. The Kier molecular flexibility index (Phi) is 2.28. The Morgan fingerprint density at radius 3 is 0.667 bits per heavy atom. The van der Waals surface area contributed by atoms with Crippen LogP contribution in [0.2, 0.25) is 0 Å². The van der Waals surface area contributed by atoms with Gasteiger partial charge in [-0.1, -0.05) is 154 Å². The van der Waals surface area contributed by atoms with Crippen molar-refractivity contribution in [1.29, 1.82) is 0 Å². The first kappa shape index (κ1) is 2.38. The van der Waals surface area contributed by atoms with Gasteiger partial charge in [-0.2, -0.15) is 0 Å². The Hall–Kier alpha value is 0. The van der Waals surface area contributed by atoms with Crippen LogP contribution in [0.1, 0.15) is 222 Å². The minimum Gasteiger partial charge on any atom is -0.0654 e. The van der Waals surface area contributed by atoms with E-state index in [4.69, 9.17) is 68.5 Å². The summed E-state index contributed by atoms with van der Waals surface area (Å²) < 4.78 is 404. The van der Waals surface area contributed by atoms with Crippen LogP contribution in [0.15, 0.2) is 0 Å². The van der Waals surface area contributed by atoms with Gasteiger partial charge >= 0.3 is 0 Å². The topological polar surface area (TPSA) is 0 Å². The van der Waals surface area contributed by atoms with E-state index in [1.165, 1.54) is 0 Å². The largest absolute Gasteiger partial charge is 0.0654 e. The maximum absolute atomic E-state index is 8.36. The fraction of sp³-hybridized carbons (Fsp3) is 1.00. The van der Waals surface area contributed by atoms with E-state index in [-0.39, 0.29) is 0 Å². The first-order valence-electron chi connectivity index (χ1n) is 30.8. The smallest absolute Gasteiger partial charge is 0.0267 e. The molecule has 0 spiro atoms. The van der Waals surface area contributed by atoms with Gasteiger partial charge in [0.25, 0.3) is 0 Å². The molecule has 0 nitrogen and oxygen atoms in total. The third-order valence-electron chi connectivity index (χ3n) is 1.31. The molecule has 0 heteroatoms. The predicted octanol–water partition coefficient (Wildman–Crippen LogP) is 9.61. The van der Waals surface area contributed by atoms with Gasteiger partial charge in [-0.05, 0) is 0 Å². The molecule has 0 saturated heterocycles. The van der Waals surface area contributed by atoms with Gasteiger partial charge in [0.1, 0.15) is 0 Å². The van der Waals surface area contributed by atoms with E-state index < -0.39 is 154 Å². The Balaban J connectivity index is 8.18. The highest BCUT2D eigenvalue weighted by atomic mass is 14.0. The molecule has 0 amide bonds. The van der Waals surface area contributed by atoms with Gasteiger partial charge in [0.05, 0.1) is 0 Å². The van der Waals surface area contributed by atoms with Crippen molar-refractivity contribution in [2.24, 2.45) is 0 Å². The van der Waals surface area contributed by atoms with E-state index in [0.717, 1.165) is 0 Å². The average Bonchev–Trinajstić information content (AvgIpc) is 3.15. The highest BCUT2D eigenvalue weighted by Crippen LogP contribution is 2.15. The Morgan fingerprint density at radius 2 is 0.500 bits per heavy atom. The second-order valence-electron chi connectivity index (χ2n) is 2.75. The molecule has 0 aliphatic rings. The molecule has 0 atom stereocenters. The molecule has 0 aromatic rings. The van der Waals surface area contributed by atoms with Crippen molar-refractivity contribution in [3.8, 4) is 0 Å². The lowest BCUT2D eigenvalue weighted by Crippen LogP contribution is -1.84. The van der Waals surface area contributed by atoms with Crippen LogP contribution < -0.4 is 0 Å². The van der Waals surface area contributed by atoms with Crippen molar-refractivity contribution in [2.75, 3.05) is 0 Å². The lowest BCUT2D eigenvalue weighted by atomic mass is 10.0. The number of hydrogen-bond acceptors (Lipinski definition) is 0. The molecule has 0 rings (SSSR count). The molecule has 0 aliphatic carbocycles. The summed E-state index contributed by atoms with van der Waals surface area (Å²) in [7, 11) is 0. The number of rotatable bonds is 21. The standard InChI is InChI=1S/C24H50/c1-3-5-7-9-11-13-15-17-19-21-23-24-22-20-18-16-14-12-10-8-6-4-2/h3-24H2,1-2H3/i1D3,2D3,3D2,4D2,5D2,6D2,7D2,8D2,9D2,10D2,11D2,12D2,13D2,14D2,15D2,16D2,17D2,18D2,19D2,20D2,21D2,22D2,23D2,24D2. The van der Waals surface area contributed by atoms with Gasteiger partial charge < -0.3 is 0 Å². The second kappa shape index (κ2) is 23.0. The van der Waals surface area contributed by atoms with Crippen LogP contribution in [0.5, 0.6) is 0 Å². The zero-order valence-electron chi connectivity index (χ0n) is 62.0. The van der Waals surface area contributed by atoms with Gasteiger partial charge in [0.2, 0.25) is 0 Å². The molecule has 0 fully saturated rings. The zero-order valence-corrected chi connectivity index (χ0v) is 12.0. The SMILES string of the molecule is [2H]C([2H])([2H])C([2H])([2H])C([2H])([2H])C([2H])([2H])C([2H])([2H])C([2H])([2H])C([2H])([2H])C([2H])([2H])C([2H])([2H])C([2H])([2H])C([2H])([2H])C([2H])([2H])C([2H])([2H])C([2H])([2H])C([2H])([2H])C([2H])([2H])C([2H])([2H])C([2H])([2H])C([2H])([2H])C([2H])([2H])C([2H])([2H])C([2H])([2H])C([2H])([2H])C([2H])([2H])[2H]. The Bertz CT molecular complexity index is 1880. The summed E-state index contributed by atoms with van der Waals surface area (Å²) in [6, 6.07) is 0. The first-order valence-corrected chi connectivity index (χ1v) is 5.75. The Labute approximate surface area is 225 Å². The van der Waals surface area contributed by atoms with Crippen molar-refractivity contribution in [3.05, 3.63) is 0 Å². The fourth-order valence-electron chi connectivity index (χ4n) is 0.625. The maximum Gasteiger partial charge on any atom is 0.0267 e. The highest BCUT2D eigenvalue weighted by Gasteiger charge is 1.95. The molecule has 0 aromatic heterocycles. The molecule has 146 valence electrons. The number of hydrogen-bond donors (Lipinski definition) is 0. The zero-order chi connectivity index (χ0) is 62.0. The monoisotopic (exact) mass is 389 g/mol. The first-order chi connectivity index (χ1) is 30.8. The highest BCUT2D eigenvalue weighted by molar-refractivity contribution is 4.50. The molecule has 0 heterocycles. The molecule has 0 bridgehead atoms. The van der Waals surface area contributed by atoms with E-state index in [1.54, 1.807) is 0 Å². The van der Waals surface area contributed by atoms with E-state index in [2.05, 4.69) is 0 Å². The van der Waals surface area contributed by atoms with Crippen LogP contribution in [0.4, 0.5) is 0 Å². The predicted molar refractivity (Wildman–Crippen MR) is 113 cm³/mol. The van der Waals surface area contributed by atoms with E-state index in [0.29, 0.717) is 0 Å². The molecule has 0 radical (unpaired) electrons. The van der Waals surface area contributed by atoms with E-state index in [9.17, 15) is 0 Å². The summed E-state index contributed by atoms with van der Waals surface area (Å²) in [5.74, 6) is 0. The van der Waals surface area contributed by atoms with Crippen LogP contribution >= 0.6 is 0 Å². The van der Waals surface area contributed by atoms with Crippen LogP contribution in [0.25, 0.3) is 0 Å². The summed E-state index contributed by atoms with van der Waals surface area (Å²) in [5, 5.41) is 0. The van der Waals surface area contributed by atoms with Gasteiger partial charge in [-0.3, -0.25) is 0 Å². The molecule has 24 heavy (non-hydrogen) atoms. The van der Waals surface area contributed by atoms with Gasteiger partial charge in [0.15, 0.2) is 0 Å². The third kappa shape index (κ3) is 22.0. The van der Waals surface area contributed by atoms with Crippen molar-refractivity contribution >= 4 is 0 Å². The molecule has 0 unspecified atom stereocenters. The molecule has 0 N–H and O–H groups in total. The molecule has 0 saturated carbocycles. The van der Waals surface area contributed by atoms with Crippen molar-refractivity contribution in [3.63, 3.8) is 0 Å². The molecule has 0 aromatic carbocycles. The quantitative estimate of drug-likeness (QED) is 0.183. The lowest BCUT2D eigenvalue weighted by molar-refractivity contribution is 0.520. The van der Waals surface area contributed by atoms with Gasteiger partial charge in [-0.25, -0.2) is 0 Å². The summed E-state index contributed by atoms with van der Waals surface area (Å²) >= 11 is 0. The normalized spacial score (nSPS) is 56.3. The van der Waals surface area contributed by atoms with Crippen LogP contribution in [-0.2, 0) is 0 Å². The van der Waals surface area contributed by atoms with E-state index in [1.807, 2.05) is 0 Å². The van der Waals surface area contributed by atoms with E-state index >= 15 is 0 Å². The minimum absolute atomic E-state index is 4.24. The fourth-order valence-corrected chi connectivity index (χ4v) is 0.625. The van der Waals surface area contributed by atoms with Gasteiger partial charge in [-0.15, -0.1) is 0 Å². The van der Waals surface area contributed by atoms with Gasteiger partial charge in [0, 0.05) is 68.5 Å². The van der Waals surface area contributed by atoms with Crippen LogP contribution in [0, 0.1) is 0 Å². The summed E-state index contributed by atoms with van der Waals surface area (Å²) in [6.45, 7) is -8.47. The third-order valence-corrected chi connectivity index (χ3v) is 1.31. The second-order valence-corrected chi connectivity index (χ2v) is 2.75. The van der Waals surface area contributed by atoms with Crippen LogP contribution in [-0.4, -0.2) is 0 Å². The average molecular weight is 389 g/mol. The van der Waals surface area contributed by atoms with Crippen LogP contribution in [0.3, 0.4) is 0 Å². The Morgan fingerprint density at radius 1 is 0.333 bits per heavy atom. The minimum atomic E-state index is -5.52. The molecule has 0 aliphatic heterocycles. The summed E-state index contributed by atoms with van der Waals surface area (Å²) in [4.78, 5) is 0. The van der Waals surface area contributed by atoms with Crippen molar-refractivity contribution < 1.29 is 68.5 Å². The van der Waals surface area contributed by atoms with Crippen molar-refractivity contribution in [1.82, 2.24) is 0 Å². The molecular formula is C24H50. The maximum atomic E-state index is 8.36.